The van der Waals surface area contributed by atoms with Crippen LogP contribution in [0.1, 0.15) is 32.3 Å². The zero-order valence-electron chi connectivity index (χ0n) is 15.7. The summed E-state index contributed by atoms with van der Waals surface area (Å²) in [5.74, 6) is -0.0699. The van der Waals surface area contributed by atoms with Gasteiger partial charge in [0, 0.05) is 39.4 Å². The molecule has 1 aromatic carbocycles. The summed E-state index contributed by atoms with van der Waals surface area (Å²) in [4.78, 5) is 12.8. The van der Waals surface area contributed by atoms with E-state index in [-0.39, 0.29) is 16.8 Å². The van der Waals surface area contributed by atoms with Crippen molar-refractivity contribution < 1.29 is 17.9 Å². The molecule has 1 aliphatic rings. The molecule has 1 amide bonds. The highest BCUT2D eigenvalue weighted by Gasteiger charge is 2.38. The van der Waals surface area contributed by atoms with Crippen LogP contribution in [-0.4, -0.2) is 51.5 Å². The number of nitrogens with two attached hydrogens (primary N) is 1. The number of sulfonamides is 1. The van der Waals surface area contributed by atoms with Crippen LogP contribution in [0.4, 0.5) is 0 Å². The summed E-state index contributed by atoms with van der Waals surface area (Å²) in [6.45, 7) is 5.36. The van der Waals surface area contributed by atoms with Crippen molar-refractivity contribution in [3.8, 4) is 0 Å². The molecule has 0 aliphatic carbocycles. The molecular weight excluding hydrogens is 354 g/mol. The lowest BCUT2D eigenvalue weighted by molar-refractivity contribution is -0.136. The molecule has 1 fully saturated rings. The quantitative estimate of drug-likeness (QED) is 0.734. The fourth-order valence-corrected chi connectivity index (χ4v) is 4.25. The van der Waals surface area contributed by atoms with Crippen LogP contribution in [0.2, 0.25) is 0 Å². The molecule has 26 heavy (non-hydrogen) atoms. The number of carbonyl (C=O) groups excluding carboxylic acids is 1. The molecule has 7 nitrogen and oxygen atoms in total. The first-order chi connectivity index (χ1) is 12.2. The molecule has 3 N–H and O–H groups in total. The Bertz CT molecular complexity index is 710. The molecular formula is C18H29N3O4S. The maximum atomic E-state index is 12.6. The van der Waals surface area contributed by atoms with Crippen molar-refractivity contribution >= 4 is 15.9 Å². The summed E-state index contributed by atoms with van der Waals surface area (Å²) in [6.07, 6.45) is 1.24. The van der Waals surface area contributed by atoms with Crippen molar-refractivity contribution in [1.29, 1.82) is 0 Å². The lowest BCUT2D eigenvalue weighted by Crippen LogP contribution is -2.48. The number of hydrogen-bond acceptors (Lipinski definition) is 5. The zero-order valence-corrected chi connectivity index (χ0v) is 16.5. The zero-order chi connectivity index (χ0) is 19.4. The molecule has 0 aromatic heterocycles. The van der Waals surface area contributed by atoms with Gasteiger partial charge in [-0.2, -0.15) is 4.31 Å². The number of nitrogens with zero attached hydrogens (tertiary/aromatic N) is 1. The number of amides is 1. The van der Waals surface area contributed by atoms with E-state index in [1.165, 1.54) is 4.31 Å². The number of benzene rings is 1. The molecule has 146 valence electrons. The monoisotopic (exact) mass is 383 g/mol. The number of hydrogen-bond donors (Lipinski definition) is 2. The molecule has 0 saturated carbocycles. The molecule has 8 heteroatoms. The summed E-state index contributed by atoms with van der Waals surface area (Å²) in [6, 6.07) is 6.47. The molecule has 0 unspecified atom stereocenters. The van der Waals surface area contributed by atoms with Crippen LogP contribution in [0, 0.1) is 5.41 Å². The lowest BCUT2D eigenvalue weighted by Gasteiger charge is -2.34. The van der Waals surface area contributed by atoms with Gasteiger partial charge in [-0.1, -0.05) is 12.1 Å². The second-order valence-electron chi connectivity index (χ2n) is 7.04. The molecule has 1 aliphatic heterocycles. The summed E-state index contributed by atoms with van der Waals surface area (Å²) >= 11 is 0. The first kappa shape index (κ1) is 20.8. The van der Waals surface area contributed by atoms with Gasteiger partial charge in [0.05, 0.1) is 10.3 Å². The van der Waals surface area contributed by atoms with Gasteiger partial charge in [0.25, 0.3) is 0 Å². The van der Waals surface area contributed by atoms with Crippen LogP contribution in [0.3, 0.4) is 0 Å². The van der Waals surface area contributed by atoms with E-state index in [4.69, 9.17) is 10.5 Å². The number of rotatable bonds is 7. The Hall–Kier alpha value is -1.48. The van der Waals surface area contributed by atoms with Gasteiger partial charge in [-0.05, 0) is 44.4 Å². The third-order valence-electron chi connectivity index (χ3n) is 5.10. The maximum absolute atomic E-state index is 12.6. The SMILES string of the molecule is CC(C)N(C)S(=O)(=O)c1ccc(CNC(=O)C2(CN)CCOCC2)cc1. The van der Waals surface area contributed by atoms with Gasteiger partial charge in [0.2, 0.25) is 15.9 Å². The Labute approximate surface area is 155 Å². The van der Waals surface area contributed by atoms with Gasteiger partial charge >= 0.3 is 0 Å². The van der Waals surface area contributed by atoms with Crippen LogP contribution in [0.25, 0.3) is 0 Å². The summed E-state index contributed by atoms with van der Waals surface area (Å²) < 4.78 is 31.6. The third-order valence-corrected chi connectivity index (χ3v) is 7.15. The minimum Gasteiger partial charge on any atom is -0.381 e. The van der Waals surface area contributed by atoms with Crippen LogP contribution in [0.5, 0.6) is 0 Å². The maximum Gasteiger partial charge on any atom is 0.243 e. The van der Waals surface area contributed by atoms with Crippen molar-refractivity contribution in [2.45, 2.75) is 44.2 Å². The minimum atomic E-state index is -3.50. The van der Waals surface area contributed by atoms with Crippen LogP contribution in [-0.2, 0) is 26.1 Å². The molecule has 1 heterocycles. The van der Waals surface area contributed by atoms with Crippen molar-refractivity contribution in [1.82, 2.24) is 9.62 Å². The van der Waals surface area contributed by atoms with E-state index in [1.807, 2.05) is 13.8 Å². The van der Waals surface area contributed by atoms with E-state index in [0.717, 1.165) is 5.56 Å². The smallest absolute Gasteiger partial charge is 0.243 e. The predicted octanol–water partition coefficient (Wildman–Crippen LogP) is 1.09. The van der Waals surface area contributed by atoms with E-state index in [2.05, 4.69) is 5.32 Å². The van der Waals surface area contributed by atoms with Crippen molar-refractivity contribution in [2.24, 2.45) is 11.1 Å². The lowest BCUT2D eigenvalue weighted by atomic mass is 9.79. The second-order valence-corrected chi connectivity index (χ2v) is 9.04. The highest BCUT2D eigenvalue weighted by molar-refractivity contribution is 7.89. The first-order valence-corrected chi connectivity index (χ1v) is 10.3. The first-order valence-electron chi connectivity index (χ1n) is 8.86. The van der Waals surface area contributed by atoms with Crippen molar-refractivity contribution in [3.05, 3.63) is 29.8 Å². The van der Waals surface area contributed by atoms with Gasteiger partial charge in [0.1, 0.15) is 0 Å². The highest BCUT2D eigenvalue weighted by atomic mass is 32.2. The van der Waals surface area contributed by atoms with Crippen LogP contribution in [0.15, 0.2) is 29.2 Å². The largest absolute Gasteiger partial charge is 0.381 e. The Kier molecular flexibility index (Phi) is 6.79. The van der Waals surface area contributed by atoms with Gasteiger partial charge in [-0.25, -0.2) is 8.42 Å². The normalized spacial score (nSPS) is 17.5. The van der Waals surface area contributed by atoms with Crippen LogP contribution < -0.4 is 11.1 Å². The molecule has 1 saturated heterocycles. The highest BCUT2D eigenvalue weighted by Crippen LogP contribution is 2.29. The average molecular weight is 384 g/mol. The Morgan fingerprint density at radius 1 is 1.27 bits per heavy atom. The molecule has 0 radical (unpaired) electrons. The summed E-state index contributed by atoms with van der Waals surface area (Å²) in [7, 11) is -1.94. The fraction of sp³-hybridized carbons (Fsp3) is 0.611. The van der Waals surface area contributed by atoms with E-state index in [0.29, 0.717) is 39.1 Å². The number of ether oxygens (including phenoxy) is 1. The van der Waals surface area contributed by atoms with E-state index in [9.17, 15) is 13.2 Å². The van der Waals surface area contributed by atoms with E-state index < -0.39 is 15.4 Å². The number of carbonyl (C=O) groups is 1. The van der Waals surface area contributed by atoms with Gasteiger partial charge in [-0.15, -0.1) is 0 Å². The molecule has 0 spiro atoms. The fourth-order valence-electron chi connectivity index (χ4n) is 2.88. The Morgan fingerprint density at radius 2 is 1.85 bits per heavy atom. The van der Waals surface area contributed by atoms with Gasteiger partial charge < -0.3 is 15.8 Å². The standard InChI is InChI=1S/C18H29N3O4S/c1-14(2)21(3)26(23,24)16-6-4-15(5-7-16)12-20-17(22)18(13-19)8-10-25-11-9-18/h4-7,14H,8-13,19H2,1-3H3,(H,20,22). The van der Waals surface area contributed by atoms with Crippen molar-refractivity contribution in [3.63, 3.8) is 0 Å². The third kappa shape index (κ3) is 4.43. The van der Waals surface area contributed by atoms with Gasteiger partial charge in [-0.3, -0.25) is 4.79 Å². The second kappa shape index (κ2) is 8.47. The summed E-state index contributed by atoms with van der Waals surface area (Å²) in [5, 5.41) is 2.93. The van der Waals surface area contributed by atoms with Gasteiger partial charge in [0.15, 0.2) is 0 Å². The van der Waals surface area contributed by atoms with E-state index >= 15 is 0 Å². The molecule has 1 aromatic rings. The molecule has 0 atom stereocenters. The Morgan fingerprint density at radius 3 is 2.35 bits per heavy atom. The van der Waals surface area contributed by atoms with E-state index in [1.54, 1.807) is 31.3 Å². The van der Waals surface area contributed by atoms with Crippen LogP contribution >= 0.6 is 0 Å². The summed E-state index contributed by atoms with van der Waals surface area (Å²) in [5.41, 5.74) is 6.11. The average Bonchev–Trinajstić information content (AvgIpc) is 2.66. The topological polar surface area (TPSA) is 102 Å². The molecule has 2 rings (SSSR count). The molecule has 0 bridgehead atoms. The minimum absolute atomic E-state index is 0.0699. The Balaban J connectivity index is 2.02. The number of nitrogens with one attached hydrogen (secondary N) is 1. The van der Waals surface area contributed by atoms with Crippen molar-refractivity contribution in [2.75, 3.05) is 26.8 Å². The predicted molar refractivity (Wildman–Crippen MR) is 99.9 cm³/mol.